The van der Waals surface area contributed by atoms with Gasteiger partial charge in [-0.2, -0.15) is 5.10 Å². The van der Waals surface area contributed by atoms with Crippen LogP contribution in [-0.2, 0) is 11.3 Å². The number of hydrogen-bond acceptors (Lipinski definition) is 6. The van der Waals surface area contributed by atoms with Crippen LogP contribution in [0.4, 0.5) is 5.69 Å². The van der Waals surface area contributed by atoms with E-state index in [0.717, 1.165) is 23.4 Å². The molecule has 2 aromatic heterocycles. The van der Waals surface area contributed by atoms with E-state index in [0.29, 0.717) is 32.0 Å². The Morgan fingerprint density at radius 3 is 2.51 bits per heavy atom. The number of carbonyl (C=O) groups is 1. The minimum atomic E-state index is -0.646. The number of hydrogen-bond donors (Lipinski definition) is 1. The van der Waals surface area contributed by atoms with Crippen molar-refractivity contribution in [3.8, 4) is 5.75 Å². The summed E-state index contributed by atoms with van der Waals surface area (Å²) in [4.78, 5) is 32.7. The molecule has 0 radical (unpaired) electrons. The van der Waals surface area contributed by atoms with Crippen molar-refractivity contribution in [1.82, 2.24) is 14.3 Å². The molecule has 0 bridgehead atoms. The van der Waals surface area contributed by atoms with E-state index in [-0.39, 0.29) is 11.5 Å². The molecule has 0 spiro atoms. The van der Waals surface area contributed by atoms with Gasteiger partial charge < -0.3 is 10.1 Å². The number of ether oxygens (including phenoxy) is 1. The van der Waals surface area contributed by atoms with E-state index in [9.17, 15) is 9.59 Å². The van der Waals surface area contributed by atoms with E-state index in [1.807, 2.05) is 92.3 Å². The average Bonchev–Trinajstić information content (AvgIpc) is 3.42. The molecular formula is C28H27N5O3S. The van der Waals surface area contributed by atoms with Crippen molar-refractivity contribution >= 4 is 29.0 Å². The second-order valence-electron chi connectivity index (χ2n) is 8.70. The number of nitrogens with zero attached hydrogens (tertiary/aromatic N) is 4. The lowest BCUT2D eigenvalue weighted by Gasteiger charge is -2.25. The Balaban J connectivity index is 1.67. The number of para-hydroxylation sites is 1. The smallest absolute Gasteiger partial charge is 0.271 e. The fourth-order valence-corrected chi connectivity index (χ4v) is 5.45. The van der Waals surface area contributed by atoms with Crippen LogP contribution in [0.3, 0.4) is 0 Å². The Hall–Kier alpha value is -4.24. The lowest BCUT2D eigenvalue weighted by Crippen LogP contribution is -2.40. The molecule has 1 amide bonds. The molecule has 0 saturated heterocycles. The summed E-state index contributed by atoms with van der Waals surface area (Å²) >= 11 is 1.31. The third-order valence-electron chi connectivity index (χ3n) is 6.32. The van der Waals surface area contributed by atoms with Gasteiger partial charge in [-0.15, -0.1) is 0 Å². The number of methoxy groups -OCH3 is 1. The van der Waals surface area contributed by atoms with Gasteiger partial charge in [0.25, 0.3) is 11.5 Å². The van der Waals surface area contributed by atoms with E-state index < -0.39 is 6.04 Å². The van der Waals surface area contributed by atoms with Crippen LogP contribution in [0.25, 0.3) is 6.08 Å². The highest BCUT2D eigenvalue weighted by Gasteiger charge is 2.32. The number of anilines is 1. The normalized spacial score (nSPS) is 15.4. The zero-order chi connectivity index (χ0) is 26.1. The topological polar surface area (TPSA) is 90.5 Å². The zero-order valence-electron chi connectivity index (χ0n) is 21.1. The molecule has 1 aliphatic rings. The Morgan fingerprint density at radius 1 is 1.14 bits per heavy atom. The van der Waals surface area contributed by atoms with E-state index in [2.05, 4.69) is 10.4 Å². The van der Waals surface area contributed by atoms with Crippen LogP contribution < -0.4 is 24.9 Å². The average molecular weight is 514 g/mol. The Labute approximate surface area is 217 Å². The molecule has 0 fully saturated rings. The minimum absolute atomic E-state index is 0.203. The standard InChI is InChI=1S/C28H27N5O3S/c1-5-32-16-20(17(2)31-32)15-23-27(35)33-25(19-11-13-22(36-4)14-12-19)24(18(3)29-28(33)37-23)26(34)30-21-9-7-6-8-10-21/h6-16,25H,5H2,1-4H3,(H,30,34)/b23-15+/t25-/m1/s1. The van der Waals surface area contributed by atoms with Crippen LogP contribution in [0.1, 0.15) is 36.7 Å². The molecule has 9 heteroatoms. The molecule has 5 rings (SSSR count). The van der Waals surface area contributed by atoms with Crippen LogP contribution in [0.2, 0.25) is 0 Å². The van der Waals surface area contributed by atoms with Crippen molar-refractivity contribution in [2.45, 2.75) is 33.4 Å². The molecule has 1 aliphatic heterocycles. The quantitative estimate of drug-likeness (QED) is 0.428. The monoisotopic (exact) mass is 513 g/mol. The number of aromatic nitrogens is 3. The van der Waals surface area contributed by atoms with Crippen molar-refractivity contribution in [1.29, 1.82) is 0 Å². The summed E-state index contributed by atoms with van der Waals surface area (Å²) < 4.78 is 9.32. The van der Waals surface area contributed by atoms with Crippen molar-refractivity contribution in [2.75, 3.05) is 12.4 Å². The first-order valence-electron chi connectivity index (χ1n) is 12.0. The molecule has 0 unspecified atom stereocenters. The minimum Gasteiger partial charge on any atom is -0.497 e. The van der Waals surface area contributed by atoms with E-state index in [1.54, 1.807) is 11.7 Å². The number of aryl methyl sites for hydroxylation is 2. The predicted octanol–water partition coefficient (Wildman–Crippen LogP) is 3.41. The predicted molar refractivity (Wildman–Crippen MR) is 144 cm³/mol. The Morgan fingerprint density at radius 2 is 1.86 bits per heavy atom. The maximum absolute atomic E-state index is 13.8. The van der Waals surface area contributed by atoms with Crippen molar-refractivity contribution in [3.63, 3.8) is 0 Å². The van der Waals surface area contributed by atoms with Gasteiger partial charge in [0.15, 0.2) is 4.80 Å². The summed E-state index contributed by atoms with van der Waals surface area (Å²) in [5, 5.41) is 7.45. The van der Waals surface area contributed by atoms with Crippen LogP contribution in [0.15, 0.2) is 81.9 Å². The van der Waals surface area contributed by atoms with E-state index in [4.69, 9.17) is 9.73 Å². The maximum atomic E-state index is 13.8. The van der Waals surface area contributed by atoms with Crippen LogP contribution in [0.5, 0.6) is 5.75 Å². The number of carbonyl (C=O) groups excluding carboxylic acids is 1. The van der Waals surface area contributed by atoms with Crippen molar-refractivity contribution in [3.05, 3.63) is 109 Å². The molecular weight excluding hydrogens is 486 g/mol. The van der Waals surface area contributed by atoms with E-state index in [1.165, 1.54) is 11.3 Å². The van der Waals surface area contributed by atoms with Gasteiger partial charge in [-0.1, -0.05) is 41.7 Å². The van der Waals surface area contributed by atoms with Gasteiger partial charge in [-0.05, 0) is 56.7 Å². The fourth-order valence-electron chi connectivity index (χ4n) is 4.41. The first-order valence-corrected chi connectivity index (χ1v) is 12.8. The number of amides is 1. The summed E-state index contributed by atoms with van der Waals surface area (Å²) in [5.41, 5.74) is 3.97. The number of benzene rings is 2. The lowest BCUT2D eigenvalue weighted by atomic mass is 9.95. The summed E-state index contributed by atoms with van der Waals surface area (Å²) in [6.07, 6.45) is 3.78. The molecule has 188 valence electrons. The molecule has 0 aliphatic carbocycles. The lowest BCUT2D eigenvalue weighted by molar-refractivity contribution is -0.113. The second-order valence-corrected chi connectivity index (χ2v) is 9.71. The molecule has 1 atom stereocenters. The highest BCUT2D eigenvalue weighted by atomic mass is 32.1. The largest absolute Gasteiger partial charge is 0.497 e. The zero-order valence-corrected chi connectivity index (χ0v) is 21.9. The van der Waals surface area contributed by atoms with E-state index >= 15 is 0 Å². The molecule has 1 N–H and O–H groups in total. The Kier molecular flexibility index (Phi) is 6.62. The molecule has 4 aromatic rings. The molecule has 0 saturated carbocycles. The van der Waals surface area contributed by atoms with Gasteiger partial charge in [0, 0.05) is 24.0 Å². The summed E-state index contributed by atoms with van der Waals surface area (Å²) in [7, 11) is 1.60. The van der Waals surface area contributed by atoms with Gasteiger partial charge >= 0.3 is 0 Å². The van der Waals surface area contributed by atoms with Gasteiger partial charge in [0.1, 0.15) is 5.75 Å². The third kappa shape index (κ3) is 4.65. The maximum Gasteiger partial charge on any atom is 0.271 e. The van der Waals surface area contributed by atoms with Crippen molar-refractivity contribution in [2.24, 2.45) is 4.99 Å². The van der Waals surface area contributed by atoms with Gasteiger partial charge in [-0.3, -0.25) is 18.8 Å². The number of nitrogens with one attached hydrogen (secondary N) is 1. The number of thiazole rings is 1. The van der Waals surface area contributed by atoms with Gasteiger partial charge in [0.2, 0.25) is 0 Å². The Bertz CT molecular complexity index is 1680. The number of rotatable bonds is 6. The number of allylic oxidation sites excluding steroid dienone is 1. The highest BCUT2D eigenvalue weighted by Crippen LogP contribution is 2.31. The van der Waals surface area contributed by atoms with Crippen molar-refractivity contribution < 1.29 is 9.53 Å². The molecule has 8 nitrogen and oxygen atoms in total. The summed E-state index contributed by atoms with van der Waals surface area (Å²) in [6, 6.07) is 16.0. The van der Waals surface area contributed by atoms with Gasteiger partial charge in [-0.25, -0.2) is 4.99 Å². The van der Waals surface area contributed by atoms with Crippen LogP contribution >= 0.6 is 11.3 Å². The first kappa shape index (κ1) is 24.5. The summed E-state index contributed by atoms with van der Waals surface area (Å²) in [5.74, 6) is 0.387. The van der Waals surface area contributed by atoms with Crippen LogP contribution in [-0.4, -0.2) is 27.4 Å². The van der Waals surface area contributed by atoms with Crippen LogP contribution in [0, 0.1) is 6.92 Å². The molecule has 2 aromatic carbocycles. The third-order valence-corrected chi connectivity index (χ3v) is 7.31. The van der Waals surface area contributed by atoms with Gasteiger partial charge in [0.05, 0.1) is 34.6 Å². The molecule has 37 heavy (non-hydrogen) atoms. The highest BCUT2D eigenvalue weighted by molar-refractivity contribution is 7.07. The summed E-state index contributed by atoms with van der Waals surface area (Å²) in [6.45, 7) is 6.49. The number of fused-ring (bicyclic) bond motifs is 1. The second kappa shape index (κ2) is 10.0. The SMILES string of the molecule is CCn1cc(/C=c2/sc3n(c2=O)[C@H](c2ccc(OC)cc2)C(C(=O)Nc2ccccc2)=C(C)N=3)c(C)n1. The fraction of sp³-hybridized carbons (Fsp3) is 0.214. The first-order chi connectivity index (χ1) is 17.9. The molecule has 3 heterocycles.